The second-order valence-electron chi connectivity index (χ2n) is 1.83. The average molecular weight is 155 g/mol. The largest absolute Gasteiger partial charge is 0.461 e. The fourth-order valence-corrected chi connectivity index (χ4v) is 0.597. The van der Waals surface area contributed by atoms with E-state index in [1.54, 1.807) is 26.1 Å². The van der Waals surface area contributed by atoms with Gasteiger partial charge in [-0.25, -0.2) is 4.79 Å². The van der Waals surface area contributed by atoms with E-state index < -0.39 is 0 Å². The Labute approximate surface area is 66.8 Å². The molecule has 0 fully saturated rings. The van der Waals surface area contributed by atoms with Crippen molar-refractivity contribution in [2.24, 2.45) is 4.99 Å². The molecule has 0 rings (SSSR count). The predicted molar refractivity (Wildman–Crippen MR) is 44.8 cm³/mol. The van der Waals surface area contributed by atoms with Crippen LogP contribution in [0.5, 0.6) is 0 Å². The summed E-state index contributed by atoms with van der Waals surface area (Å²) in [5, 5.41) is 0. The summed E-state index contributed by atoms with van der Waals surface area (Å²) < 4.78 is 4.73. The first kappa shape index (κ1) is 9.88. The summed E-state index contributed by atoms with van der Waals surface area (Å²) in [6.45, 7) is 3.97. The molecule has 3 heteroatoms. The number of hydrogen-bond acceptors (Lipinski definition) is 3. The monoisotopic (exact) mass is 155 g/mol. The van der Waals surface area contributed by atoms with Crippen molar-refractivity contribution in [1.29, 1.82) is 0 Å². The van der Waals surface area contributed by atoms with E-state index in [9.17, 15) is 4.79 Å². The number of nitrogens with zero attached hydrogens (tertiary/aromatic N) is 1. The van der Waals surface area contributed by atoms with Gasteiger partial charge in [-0.05, 0) is 19.9 Å². The zero-order chi connectivity index (χ0) is 8.69. The van der Waals surface area contributed by atoms with Crippen LogP contribution in [0.25, 0.3) is 0 Å². The highest BCUT2D eigenvalue weighted by Crippen LogP contribution is 1.86. The van der Waals surface area contributed by atoms with Gasteiger partial charge in [-0.15, -0.1) is 0 Å². The molecule has 0 aliphatic rings. The zero-order valence-corrected chi connectivity index (χ0v) is 7.13. The topological polar surface area (TPSA) is 38.7 Å². The summed E-state index contributed by atoms with van der Waals surface area (Å²) in [4.78, 5) is 14.7. The van der Waals surface area contributed by atoms with Crippen molar-refractivity contribution in [2.75, 3.05) is 13.7 Å². The Morgan fingerprint density at radius 1 is 1.64 bits per heavy atom. The molecule has 0 N–H and O–H groups in total. The van der Waals surface area contributed by atoms with E-state index in [2.05, 4.69) is 4.99 Å². The van der Waals surface area contributed by atoms with Crippen molar-refractivity contribution in [3.8, 4) is 0 Å². The summed E-state index contributed by atoms with van der Waals surface area (Å²) in [5.41, 5.74) is 0.356. The second-order valence-corrected chi connectivity index (χ2v) is 1.83. The molecule has 0 amide bonds. The number of hydrogen-bond donors (Lipinski definition) is 0. The normalized spacial score (nSPS) is 12.1. The van der Waals surface area contributed by atoms with Gasteiger partial charge in [-0.1, -0.05) is 6.08 Å². The molecule has 11 heavy (non-hydrogen) atoms. The lowest BCUT2D eigenvalue weighted by Gasteiger charge is -1.98. The maximum absolute atomic E-state index is 11.0. The Morgan fingerprint density at radius 3 is 2.64 bits per heavy atom. The van der Waals surface area contributed by atoms with Crippen molar-refractivity contribution in [2.45, 2.75) is 13.8 Å². The molecule has 0 atom stereocenters. The standard InChI is InChI=1S/C8H13NO2/c1-4-6-7(9-3)8(10)11-5-2/h4,6H,5H2,1-3H3/b6-4-,9-7?. The molecule has 0 radical (unpaired) electrons. The summed E-state index contributed by atoms with van der Waals surface area (Å²) in [6.07, 6.45) is 3.37. The van der Waals surface area contributed by atoms with E-state index in [0.29, 0.717) is 12.3 Å². The summed E-state index contributed by atoms with van der Waals surface area (Å²) in [5.74, 6) is -0.367. The number of carbonyl (C=O) groups excluding carboxylic acids is 1. The van der Waals surface area contributed by atoms with Crippen LogP contribution >= 0.6 is 0 Å². The van der Waals surface area contributed by atoms with Gasteiger partial charge in [0.1, 0.15) is 5.71 Å². The first-order chi connectivity index (χ1) is 5.26. The van der Waals surface area contributed by atoms with Gasteiger partial charge in [0, 0.05) is 7.05 Å². The molecule has 0 aliphatic heterocycles. The molecule has 0 spiro atoms. The van der Waals surface area contributed by atoms with Gasteiger partial charge in [0.05, 0.1) is 6.61 Å². The van der Waals surface area contributed by atoms with E-state index >= 15 is 0 Å². The molecule has 0 saturated heterocycles. The van der Waals surface area contributed by atoms with E-state index in [0.717, 1.165) is 0 Å². The van der Waals surface area contributed by atoms with E-state index in [4.69, 9.17) is 4.74 Å². The van der Waals surface area contributed by atoms with Crippen LogP contribution in [0, 0.1) is 0 Å². The SMILES string of the molecule is C/C=C\C(=NC)C(=O)OCC. The molecule has 0 saturated carbocycles. The van der Waals surface area contributed by atoms with E-state index in [1.165, 1.54) is 0 Å². The Kier molecular flexibility index (Phi) is 5.07. The van der Waals surface area contributed by atoms with Crippen molar-refractivity contribution >= 4 is 11.7 Å². The minimum absolute atomic E-state index is 0.356. The number of aliphatic imine (C=N–C) groups is 1. The molecule has 0 unspecified atom stereocenters. The molecule has 0 aliphatic carbocycles. The Balaban J connectivity index is 4.16. The maximum atomic E-state index is 11.0. The highest BCUT2D eigenvalue weighted by atomic mass is 16.5. The van der Waals surface area contributed by atoms with Crippen LogP contribution in [0.3, 0.4) is 0 Å². The molecule has 0 bridgehead atoms. The summed E-state index contributed by atoms with van der Waals surface area (Å²) in [6, 6.07) is 0. The minimum Gasteiger partial charge on any atom is -0.461 e. The van der Waals surface area contributed by atoms with Gasteiger partial charge in [-0.2, -0.15) is 0 Å². The number of ether oxygens (including phenoxy) is 1. The van der Waals surface area contributed by atoms with E-state index in [1.807, 2.05) is 6.92 Å². The summed E-state index contributed by atoms with van der Waals surface area (Å²) >= 11 is 0. The molecular weight excluding hydrogens is 142 g/mol. The van der Waals surface area contributed by atoms with Crippen molar-refractivity contribution in [1.82, 2.24) is 0 Å². The maximum Gasteiger partial charge on any atom is 0.356 e. The smallest absolute Gasteiger partial charge is 0.356 e. The van der Waals surface area contributed by atoms with Crippen LogP contribution in [0.1, 0.15) is 13.8 Å². The quantitative estimate of drug-likeness (QED) is 0.453. The lowest BCUT2D eigenvalue weighted by molar-refractivity contribution is -0.134. The summed E-state index contributed by atoms with van der Waals surface area (Å²) in [7, 11) is 1.56. The number of rotatable bonds is 3. The lowest BCUT2D eigenvalue weighted by atomic mass is 10.3. The number of carbonyl (C=O) groups is 1. The minimum atomic E-state index is -0.367. The van der Waals surface area contributed by atoms with Gasteiger partial charge in [0.25, 0.3) is 0 Å². The third-order valence-corrected chi connectivity index (χ3v) is 1.05. The van der Waals surface area contributed by atoms with Gasteiger partial charge in [0.15, 0.2) is 0 Å². The van der Waals surface area contributed by atoms with Crippen LogP contribution in [0.4, 0.5) is 0 Å². The Bertz CT molecular complexity index is 183. The third-order valence-electron chi connectivity index (χ3n) is 1.05. The first-order valence-corrected chi connectivity index (χ1v) is 3.52. The number of esters is 1. The average Bonchev–Trinajstić information content (AvgIpc) is 2.00. The predicted octanol–water partition coefficient (Wildman–Crippen LogP) is 1.20. The third kappa shape index (κ3) is 3.55. The molecule has 0 aromatic rings. The van der Waals surface area contributed by atoms with Crippen LogP contribution < -0.4 is 0 Å². The van der Waals surface area contributed by atoms with Gasteiger partial charge in [0.2, 0.25) is 0 Å². The van der Waals surface area contributed by atoms with Crippen molar-refractivity contribution in [3.63, 3.8) is 0 Å². The van der Waals surface area contributed by atoms with Gasteiger partial charge in [-0.3, -0.25) is 4.99 Å². The molecule has 62 valence electrons. The van der Waals surface area contributed by atoms with Gasteiger partial charge < -0.3 is 4.74 Å². The lowest BCUT2D eigenvalue weighted by Crippen LogP contribution is -2.14. The molecular formula is C8H13NO2. The molecule has 0 heterocycles. The highest BCUT2D eigenvalue weighted by molar-refractivity contribution is 6.41. The molecule has 0 aromatic carbocycles. The fraction of sp³-hybridized carbons (Fsp3) is 0.500. The van der Waals surface area contributed by atoms with Crippen LogP contribution in [0.15, 0.2) is 17.1 Å². The molecule has 3 nitrogen and oxygen atoms in total. The van der Waals surface area contributed by atoms with Crippen LogP contribution in [-0.2, 0) is 9.53 Å². The van der Waals surface area contributed by atoms with Gasteiger partial charge >= 0.3 is 5.97 Å². The Morgan fingerprint density at radius 2 is 2.27 bits per heavy atom. The van der Waals surface area contributed by atoms with Crippen molar-refractivity contribution in [3.05, 3.63) is 12.2 Å². The van der Waals surface area contributed by atoms with Crippen molar-refractivity contribution < 1.29 is 9.53 Å². The number of allylic oxidation sites excluding steroid dienone is 1. The molecule has 0 aromatic heterocycles. The van der Waals surface area contributed by atoms with Crippen LogP contribution in [-0.4, -0.2) is 25.3 Å². The highest BCUT2D eigenvalue weighted by Gasteiger charge is 2.05. The van der Waals surface area contributed by atoms with Crippen LogP contribution in [0.2, 0.25) is 0 Å². The zero-order valence-electron chi connectivity index (χ0n) is 7.13. The fourth-order valence-electron chi connectivity index (χ4n) is 0.597. The second kappa shape index (κ2) is 5.65. The van der Waals surface area contributed by atoms with E-state index in [-0.39, 0.29) is 5.97 Å². The first-order valence-electron chi connectivity index (χ1n) is 3.52. The Hall–Kier alpha value is -1.12.